The van der Waals surface area contributed by atoms with Crippen LogP contribution in [0.2, 0.25) is 0 Å². The van der Waals surface area contributed by atoms with Crippen LogP contribution >= 0.6 is 7.60 Å². The highest BCUT2D eigenvalue weighted by molar-refractivity contribution is 7.54. The quantitative estimate of drug-likeness (QED) is 0.293. The van der Waals surface area contributed by atoms with Crippen LogP contribution in [0.4, 0.5) is 15.8 Å². The molecule has 0 heterocycles. The zero-order valence-electron chi connectivity index (χ0n) is 17.1. The highest BCUT2D eigenvalue weighted by Gasteiger charge is 2.39. The first-order valence-corrected chi connectivity index (χ1v) is 10.9. The molecular weight excluding hydrogens is 398 g/mol. The van der Waals surface area contributed by atoms with E-state index in [0.717, 1.165) is 0 Å². The van der Waals surface area contributed by atoms with Crippen molar-refractivity contribution in [3.8, 4) is 0 Å². The number of aryl methyl sites for hydroxylation is 1. The zero-order valence-corrected chi connectivity index (χ0v) is 18.0. The van der Waals surface area contributed by atoms with Gasteiger partial charge in [-0.2, -0.15) is 0 Å². The summed E-state index contributed by atoms with van der Waals surface area (Å²) in [6, 6.07) is 10.1. The number of nitro benzene ring substituents is 1. The first-order valence-electron chi connectivity index (χ1n) is 9.25. The molecule has 1 atom stereocenters. The third kappa shape index (κ3) is 6.10. The predicted molar refractivity (Wildman–Crippen MR) is 111 cm³/mol. The van der Waals surface area contributed by atoms with Crippen molar-refractivity contribution >= 4 is 19.0 Å². The maximum absolute atomic E-state index is 13.8. The highest BCUT2D eigenvalue weighted by Crippen LogP contribution is 2.62. The Balaban J connectivity index is 2.55. The van der Waals surface area contributed by atoms with E-state index in [9.17, 15) is 19.1 Å². The maximum atomic E-state index is 13.8. The number of nitrogens with one attached hydrogen (secondary N) is 1. The van der Waals surface area contributed by atoms with Gasteiger partial charge in [0.15, 0.2) is 5.78 Å². The van der Waals surface area contributed by atoms with Gasteiger partial charge in [-0.1, -0.05) is 18.2 Å². The number of benzene rings is 2. The van der Waals surface area contributed by atoms with Gasteiger partial charge in [-0.25, -0.2) is 4.39 Å². The second-order valence-corrected chi connectivity index (χ2v) is 9.22. The topological polar surface area (TPSA) is 90.7 Å². The SMILES string of the molecule is Cc1ccc(NC(c2ccc(F)cc2)P(=O)(OC(C)C)OC(C)C)cc1[N+](=O)[O-]. The van der Waals surface area contributed by atoms with E-state index in [2.05, 4.69) is 5.32 Å². The summed E-state index contributed by atoms with van der Waals surface area (Å²) in [5.41, 5.74) is 1.27. The summed E-state index contributed by atoms with van der Waals surface area (Å²) in [6.07, 6.45) is -0.812. The van der Waals surface area contributed by atoms with Gasteiger partial charge >= 0.3 is 7.60 Å². The molecule has 0 fully saturated rings. The average Bonchev–Trinajstić information content (AvgIpc) is 2.60. The molecule has 0 radical (unpaired) electrons. The number of nitrogens with zero attached hydrogens (tertiary/aromatic N) is 1. The molecule has 0 saturated heterocycles. The van der Waals surface area contributed by atoms with Crippen molar-refractivity contribution in [3.63, 3.8) is 0 Å². The van der Waals surface area contributed by atoms with Gasteiger partial charge in [0, 0.05) is 17.3 Å². The van der Waals surface area contributed by atoms with Crippen LogP contribution in [0.25, 0.3) is 0 Å². The zero-order chi connectivity index (χ0) is 21.8. The van der Waals surface area contributed by atoms with Crippen molar-refractivity contribution in [3.05, 3.63) is 69.5 Å². The minimum absolute atomic E-state index is 0.0720. The molecule has 0 aliphatic rings. The van der Waals surface area contributed by atoms with Gasteiger partial charge in [0.2, 0.25) is 0 Å². The fraction of sp³-hybridized carbons (Fsp3) is 0.400. The van der Waals surface area contributed by atoms with Crippen LogP contribution in [0.5, 0.6) is 0 Å². The molecule has 29 heavy (non-hydrogen) atoms. The fourth-order valence-electron chi connectivity index (χ4n) is 2.78. The van der Waals surface area contributed by atoms with Gasteiger partial charge in [-0.15, -0.1) is 0 Å². The number of hydrogen-bond acceptors (Lipinski definition) is 6. The molecule has 0 aromatic heterocycles. The van der Waals surface area contributed by atoms with E-state index in [1.165, 1.54) is 30.3 Å². The Morgan fingerprint density at radius 2 is 1.59 bits per heavy atom. The molecule has 2 aromatic rings. The molecule has 2 rings (SSSR count). The minimum Gasteiger partial charge on any atom is -0.368 e. The molecule has 0 aliphatic carbocycles. The van der Waals surface area contributed by atoms with E-state index in [1.54, 1.807) is 46.8 Å². The summed E-state index contributed by atoms with van der Waals surface area (Å²) in [6.45, 7) is 8.56. The standard InChI is InChI=1S/C20H26FN2O5P/c1-13(2)27-29(26,28-14(3)4)20(16-7-9-17(21)10-8-16)22-18-11-6-15(5)19(12-18)23(24)25/h6-14,20,22H,1-5H3. The lowest BCUT2D eigenvalue weighted by Crippen LogP contribution is -2.19. The van der Waals surface area contributed by atoms with Crippen LogP contribution in [-0.4, -0.2) is 17.1 Å². The smallest absolute Gasteiger partial charge is 0.357 e. The Morgan fingerprint density at radius 1 is 1.03 bits per heavy atom. The first-order chi connectivity index (χ1) is 13.5. The van der Waals surface area contributed by atoms with Gasteiger partial charge in [0.1, 0.15) is 5.82 Å². The summed E-state index contributed by atoms with van der Waals surface area (Å²) < 4.78 is 38.7. The van der Waals surface area contributed by atoms with E-state index in [-0.39, 0.29) is 5.69 Å². The van der Waals surface area contributed by atoms with Crippen LogP contribution in [0.15, 0.2) is 42.5 Å². The van der Waals surface area contributed by atoms with Crippen molar-refractivity contribution in [1.29, 1.82) is 0 Å². The summed E-state index contributed by atoms with van der Waals surface area (Å²) in [7, 11) is -3.80. The van der Waals surface area contributed by atoms with Crippen molar-refractivity contribution in [2.24, 2.45) is 0 Å². The minimum atomic E-state index is -3.80. The third-order valence-electron chi connectivity index (χ3n) is 3.93. The van der Waals surface area contributed by atoms with Crippen molar-refractivity contribution in [2.45, 2.75) is 52.6 Å². The summed E-state index contributed by atoms with van der Waals surface area (Å²) in [5.74, 6) is -1.43. The number of rotatable bonds is 9. The molecule has 1 N–H and O–H groups in total. The van der Waals surface area contributed by atoms with Crippen LogP contribution in [0, 0.1) is 22.9 Å². The Bertz CT molecular complexity index is 888. The molecule has 7 nitrogen and oxygen atoms in total. The van der Waals surface area contributed by atoms with E-state index in [0.29, 0.717) is 16.8 Å². The van der Waals surface area contributed by atoms with Crippen molar-refractivity contribution in [1.82, 2.24) is 0 Å². The number of halogens is 1. The Morgan fingerprint density at radius 3 is 2.07 bits per heavy atom. The lowest BCUT2D eigenvalue weighted by atomic mass is 10.1. The first kappa shape index (κ1) is 23.0. The van der Waals surface area contributed by atoms with Crippen LogP contribution in [-0.2, 0) is 13.6 Å². The normalized spacial score (nSPS) is 13.0. The van der Waals surface area contributed by atoms with Gasteiger partial charge in [0.25, 0.3) is 5.69 Å². The Hall–Kier alpha value is -2.28. The largest absolute Gasteiger partial charge is 0.368 e. The van der Waals surface area contributed by atoms with E-state index >= 15 is 0 Å². The maximum Gasteiger partial charge on any atom is 0.357 e. The van der Waals surface area contributed by atoms with E-state index in [1.807, 2.05) is 0 Å². The molecule has 2 aromatic carbocycles. The van der Waals surface area contributed by atoms with Crippen LogP contribution in [0.1, 0.15) is 44.6 Å². The number of hydrogen-bond donors (Lipinski definition) is 1. The Labute approximate surface area is 169 Å². The van der Waals surface area contributed by atoms with Crippen molar-refractivity contribution < 1.29 is 22.9 Å². The molecule has 0 aliphatic heterocycles. The molecule has 1 unspecified atom stereocenters. The third-order valence-corrected chi connectivity index (χ3v) is 6.42. The fourth-order valence-corrected chi connectivity index (χ4v) is 5.09. The van der Waals surface area contributed by atoms with Gasteiger partial charge in [0.05, 0.1) is 17.1 Å². The lowest BCUT2D eigenvalue weighted by Gasteiger charge is -2.31. The number of nitro groups is 1. The molecule has 9 heteroatoms. The monoisotopic (exact) mass is 424 g/mol. The highest BCUT2D eigenvalue weighted by atomic mass is 31.2. The Kier molecular flexibility index (Phi) is 7.52. The van der Waals surface area contributed by atoms with E-state index < -0.39 is 36.3 Å². The molecular formula is C20H26FN2O5P. The summed E-state index contributed by atoms with van der Waals surface area (Å²) in [4.78, 5) is 10.8. The molecule has 158 valence electrons. The molecule has 0 amide bonds. The van der Waals surface area contributed by atoms with Gasteiger partial charge in [-0.05, 0) is 58.4 Å². The summed E-state index contributed by atoms with van der Waals surface area (Å²) in [5, 5.41) is 14.3. The van der Waals surface area contributed by atoms with Crippen molar-refractivity contribution in [2.75, 3.05) is 5.32 Å². The number of anilines is 1. The van der Waals surface area contributed by atoms with Crippen LogP contribution < -0.4 is 5.32 Å². The summed E-state index contributed by atoms with van der Waals surface area (Å²) >= 11 is 0. The second-order valence-electron chi connectivity index (χ2n) is 7.20. The van der Waals surface area contributed by atoms with E-state index in [4.69, 9.17) is 9.05 Å². The molecule has 0 saturated carbocycles. The van der Waals surface area contributed by atoms with Gasteiger partial charge in [-0.3, -0.25) is 14.7 Å². The lowest BCUT2D eigenvalue weighted by molar-refractivity contribution is -0.385. The van der Waals surface area contributed by atoms with Gasteiger partial charge < -0.3 is 14.4 Å². The predicted octanol–water partition coefficient (Wildman–Crippen LogP) is 6.20. The molecule has 0 bridgehead atoms. The van der Waals surface area contributed by atoms with Crippen LogP contribution in [0.3, 0.4) is 0 Å². The second kappa shape index (κ2) is 9.48. The average molecular weight is 424 g/mol. The molecule has 0 spiro atoms.